The van der Waals surface area contributed by atoms with Crippen LogP contribution in [-0.4, -0.2) is 40.6 Å². The van der Waals surface area contributed by atoms with Gasteiger partial charge in [0.2, 0.25) is 5.95 Å². The predicted molar refractivity (Wildman–Crippen MR) is 123 cm³/mol. The monoisotopic (exact) mass is 468 g/mol. The standard InChI is InChI=1S/C23H25BrN4O2/c1-5-27(6-2)22(29)20-14(3)25-23-26-17-9-7-8-10-18(17)28(23)21(20)16-13-15(24)11-12-19(16)30-4/h7-13,21H,5-6H2,1-4H3,(H,25,26)/t21-/m0/s1. The maximum absolute atomic E-state index is 13.6. The molecule has 1 aliphatic heterocycles. The molecule has 0 spiro atoms. The van der Waals surface area contributed by atoms with Crippen molar-refractivity contribution in [2.75, 3.05) is 25.5 Å². The molecular formula is C23H25BrN4O2. The summed E-state index contributed by atoms with van der Waals surface area (Å²) in [5, 5.41) is 3.37. The summed E-state index contributed by atoms with van der Waals surface area (Å²) in [7, 11) is 1.66. The van der Waals surface area contributed by atoms with Gasteiger partial charge in [0, 0.05) is 28.8 Å². The summed E-state index contributed by atoms with van der Waals surface area (Å²) < 4.78 is 8.74. The largest absolute Gasteiger partial charge is 0.496 e. The number of likely N-dealkylation sites (N-methyl/N-ethyl adjacent to an activating group) is 1. The van der Waals surface area contributed by atoms with E-state index in [0.717, 1.165) is 38.5 Å². The second-order valence-electron chi connectivity index (χ2n) is 7.22. The zero-order valence-corrected chi connectivity index (χ0v) is 19.2. The molecule has 0 unspecified atom stereocenters. The fourth-order valence-electron chi connectivity index (χ4n) is 4.14. The Morgan fingerprint density at radius 1 is 1.23 bits per heavy atom. The fourth-order valence-corrected chi connectivity index (χ4v) is 4.51. The summed E-state index contributed by atoms with van der Waals surface area (Å²) in [6, 6.07) is 13.5. The molecule has 0 saturated carbocycles. The number of para-hydroxylation sites is 2. The molecule has 0 bridgehead atoms. The minimum absolute atomic E-state index is 0.0143. The number of hydrogen-bond acceptors (Lipinski definition) is 4. The Kier molecular flexibility index (Phi) is 5.56. The third-order valence-electron chi connectivity index (χ3n) is 5.60. The number of benzene rings is 2. The molecule has 1 atom stereocenters. The Balaban J connectivity index is 2.03. The number of imidazole rings is 1. The molecule has 3 aromatic rings. The van der Waals surface area contributed by atoms with Crippen molar-refractivity contribution >= 4 is 38.8 Å². The maximum atomic E-state index is 13.6. The number of anilines is 1. The van der Waals surface area contributed by atoms with Gasteiger partial charge in [-0.1, -0.05) is 28.1 Å². The van der Waals surface area contributed by atoms with Gasteiger partial charge in [0.15, 0.2) is 0 Å². The summed E-state index contributed by atoms with van der Waals surface area (Å²) in [4.78, 5) is 20.3. The highest BCUT2D eigenvalue weighted by molar-refractivity contribution is 9.10. The second kappa shape index (κ2) is 8.14. The van der Waals surface area contributed by atoms with E-state index in [1.54, 1.807) is 7.11 Å². The number of ether oxygens (including phenoxy) is 1. The van der Waals surface area contributed by atoms with Crippen molar-refractivity contribution in [3.05, 3.63) is 63.8 Å². The molecule has 156 valence electrons. The molecule has 1 amide bonds. The van der Waals surface area contributed by atoms with Gasteiger partial charge in [-0.3, -0.25) is 9.36 Å². The summed E-state index contributed by atoms with van der Waals surface area (Å²) in [5.41, 5.74) is 4.26. The topological polar surface area (TPSA) is 59.4 Å². The molecule has 1 N–H and O–H groups in total. The summed E-state index contributed by atoms with van der Waals surface area (Å²) in [5.74, 6) is 1.46. The highest BCUT2D eigenvalue weighted by Crippen LogP contribution is 2.43. The minimum Gasteiger partial charge on any atom is -0.496 e. The lowest BCUT2D eigenvalue weighted by molar-refractivity contribution is -0.127. The van der Waals surface area contributed by atoms with Crippen molar-refractivity contribution in [1.82, 2.24) is 14.5 Å². The summed E-state index contributed by atoms with van der Waals surface area (Å²) >= 11 is 3.59. The van der Waals surface area contributed by atoms with E-state index in [1.807, 2.05) is 68.1 Å². The molecule has 6 nitrogen and oxygen atoms in total. The van der Waals surface area contributed by atoms with Crippen LogP contribution in [0.3, 0.4) is 0 Å². The highest BCUT2D eigenvalue weighted by atomic mass is 79.9. The van der Waals surface area contributed by atoms with Gasteiger partial charge in [0.25, 0.3) is 5.91 Å². The van der Waals surface area contributed by atoms with Crippen LogP contribution in [0.15, 0.2) is 58.2 Å². The van der Waals surface area contributed by atoms with Crippen molar-refractivity contribution < 1.29 is 9.53 Å². The first-order valence-corrected chi connectivity index (χ1v) is 10.9. The van der Waals surface area contributed by atoms with Crippen LogP contribution in [-0.2, 0) is 4.79 Å². The molecule has 1 aliphatic rings. The molecular weight excluding hydrogens is 444 g/mol. The second-order valence-corrected chi connectivity index (χ2v) is 8.14. The summed E-state index contributed by atoms with van der Waals surface area (Å²) in [6.07, 6.45) is 0. The zero-order valence-electron chi connectivity index (χ0n) is 17.6. The van der Waals surface area contributed by atoms with Crippen molar-refractivity contribution in [2.24, 2.45) is 0 Å². The van der Waals surface area contributed by atoms with Crippen LogP contribution in [0, 0.1) is 0 Å². The van der Waals surface area contributed by atoms with E-state index in [1.165, 1.54) is 0 Å². The van der Waals surface area contributed by atoms with E-state index in [-0.39, 0.29) is 11.9 Å². The van der Waals surface area contributed by atoms with Gasteiger partial charge in [0.1, 0.15) is 5.75 Å². The van der Waals surface area contributed by atoms with Gasteiger partial charge in [-0.2, -0.15) is 0 Å². The van der Waals surface area contributed by atoms with Gasteiger partial charge < -0.3 is 15.0 Å². The lowest BCUT2D eigenvalue weighted by Crippen LogP contribution is -2.38. The lowest BCUT2D eigenvalue weighted by Gasteiger charge is -2.33. The number of fused-ring (bicyclic) bond motifs is 3. The third-order valence-corrected chi connectivity index (χ3v) is 6.09. The number of hydrogen-bond donors (Lipinski definition) is 1. The molecule has 2 heterocycles. The lowest BCUT2D eigenvalue weighted by atomic mass is 9.93. The molecule has 0 fully saturated rings. The smallest absolute Gasteiger partial charge is 0.253 e. The maximum Gasteiger partial charge on any atom is 0.253 e. The number of carbonyl (C=O) groups excluding carboxylic acids is 1. The summed E-state index contributed by atoms with van der Waals surface area (Å²) in [6.45, 7) is 7.23. The molecule has 2 aromatic carbocycles. The first kappa shape index (κ1) is 20.5. The number of carbonyl (C=O) groups is 1. The molecule has 0 aliphatic carbocycles. The van der Waals surface area contributed by atoms with E-state index < -0.39 is 0 Å². The first-order valence-electron chi connectivity index (χ1n) is 10.1. The predicted octanol–water partition coefficient (Wildman–Crippen LogP) is 4.96. The van der Waals surface area contributed by atoms with Crippen molar-refractivity contribution in [3.63, 3.8) is 0 Å². The number of methoxy groups -OCH3 is 1. The number of nitrogens with zero attached hydrogens (tertiary/aromatic N) is 3. The molecule has 0 saturated heterocycles. The Labute approximate surface area is 184 Å². The molecule has 7 heteroatoms. The molecule has 30 heavy (non-hydrogen) atoms. The van der Waals surface area contributed by atoms with Crippen molar-refractivity contribution in [2.45, 2.75) is 26.8 Å². The van der Waals surface area contributed by atoms with E-state index in [2.05, 4.69) is 25.8 Å². The van der Waals surface area contributed by atoms with Crippen LogP contribution in [0.1, 0.15) is 32.4 Å². The number of amides is 1. The van der Waals surface area contributed by atoms with Crippen LogP contribution < -0.4 is 10.1 Å². The average Bonchev–Trinajstić information content (AvgIpc) is 3.11. The average molecular weight is 469 g/mol. The zero-order chi connectivity index (χ0) is 21.4. The molecule has 0 radical (unpaired) electrons. The van der Waals surface area contributed by atoms with Crippen molar-refractivity contribution in [1.29, 1.82) is 0 Å². The number of aromatic nitrogens is 2. The SMILES string of the molecule is CCN(CC)C(=O)C1=C(C)Nc2nc3ccccc3n2[C@H]1c1cc(Br)ccc1OC. The molecule has 4 rings (SSSR count). The Bertz CT molecular complexity index is 1150. The van der Waals surface area contributed by atoms with Gasteiger partial charge in [-0.25, -0.2) is 4.98 Å². The number of halogens is 1. The van der Waals surface area contributed by atoms with Crippen molar-refractivity contribution in [3.8, 4) is 5.75 Å². The van der Waals surface area contributed by atoms with Gasteiger partial charge >= 0.3 is 0 Å². The van der Waals surface area contributed by atoms with E-state index in [4.69, 9.17) is 9.72 Å². The Morgan fingerprint density at radius 3 is 2.67 bits per heavy atom. The van der Waals surface area contributed by atoms with Gasteiger partial charge in [0.05, 0.1) is 29.8 Å². The molecule has 1 aromatic heterocycles. The van der Waals surface area contributed by atoms with Crippen LogP contribution >= 0.6 is 15.9 Å². The Hall–Kier alpha value is -2.80. The quantitative estimate of drug-likeness (QED) is 0.574. The number of nitrogens with one attached hydrogen (secondary N) is 1. The number of rotatable bonds is 5. The highest BCUT2D eigenvalue weighted by Gasteiger charge is 2.37. The normalized spacial score (nSPS) is 15.7. The third kappa shape index (κ3) is 3.27. The van der Waals surface area contributed by atoms with E-state index in [9.17, 15) is 4.79 Å². The van der Waals surface area contributed by atoms with Gasteiger partial charge in [-0.05, 0) is 51.1 Å². The van der Waals surface area contributed by atoms with Crippen LogP contribution in [0.2, 0.25) is 0 Å². The van der Waals surface area contributed by atoms with Gasteiger partial charge in [-0.15, -0.1) is 0 Å². The minimum atomic E-state index is -0.366. The van der Waals surface area contributed by atoms with E-state index >= 15 is 0 Å². The van der Waals surface area contributed by atoms with Crippen LogP contribution in [0.5, 0.6) is 5.75 Å². The number of allylic oxidation sites excluding steroid dienone is 1. The fraction of sp³-hybridized carbons (Fsp3) is 0.304. The van der Waals surface area contributed by atoms with Crippen LogP contribution in [0.25, 0.3) is 11.0 Å². The van der Waals surface area contributed by atoms with Crippen LogP contribution in [0.4, 0.5) is 5.95 Å². The Morgan fingerprint density at radius 2 is 1.97 bits per heavy atom. The first-order chi connectivity index (χ1) is 14.5. The van der Waals surface area contributed by atoms with E-state index in [0.29, 0.717) is 18.7 Å².